The van der Waals surface area contributed by atoms with Crippen molar-refractivity contribution in [2.75, 3.05) is 33.9 Å². The zero-order valence-electron chi connectivity index (χ0n) is 35.5. The third-order valence-electron chi connectivity index (χ3n) is 11.4. The summed E-state index contributed by atoms with van der Waals surface area (Å²) in [6, 6.07) is 12.2. The van der Waals surface area contributed by atoms with E-state index in [2.05, 4.69) is 40.7 Å². The molecule has 0 aliphatic carbocycles. The Morgan fingerprint density at radius 1 is 0.730 bits per heavy atom. The Morgan fingerprint density at radius 2 is 1.16 bits per heavy atom. The van der Waals surface area contributed by atoms with Crippen LogP contribution in [0.15, 0.2) is 58.8 Å². The highest BCUT2D eigenvalue weighted by Gasteiger charge is 2.43. The summed E-state index contributed by atoms with van der Waals surface area (Å²) < 4.78 is 9.44. The second-order valence-electron chi connectivity index (χ2n) is 16.0. The monoisotopic (exact) mass is 902 g/mol. The third kappa shape index (κ3) is 10.3. The van der Waals surface area contributed by atoms with E-state index in [9.17, 15) is 24.7 Å². The number of carbonyl (C=O) groups excluding carboxylic acids is 4. The van der Waals surface area contributed by atoms with Crippen molar-refractivity contribution in [2.45, 2.75) is 70.7 Å². The van der Waals surface area contributed by atoms with Gasteiger partial charge in [0.05, 0.1) is 44.3 Å². The number of likely N-dealkylation sites (tertiary alicyclic amines) is 2. The third-order valence-corrected chi connectivity index (χ3v) is 11.9. The molecule has 2 aliphatic heterocycles. The summed E-state index contributed by atoms with van der Waals surface area (Å²) in [7, 11) is 2.48. The average molecular weight is 904 g/mol. The molecule has 0 radical (unpaired) electrons. The molecule has 63 heavy (non-hydrogen) atoms. The molecule has 2 unspecified atom stereocenters. The number of hydrogen-bond donors (Lipinski definition) is 4. The van der Waals surface area contributed by atoms with Crippen molar-refractivity contribution in [1.29, 1.82) is 0 Å². The van der Waals surface area contributed by atoms with Gasteiger partial charge in [0.1, 0.15) is 39.4 Å². The van der Waals surface area contributed by atoms with E-state index >= 15 is 0 Å². The molecule has 4 heterocycles. The first kappa shape index (κ1) is 46.1. The standard InChI is InChI=1S/C41H48Cl2N14O6/c1-20(2)28(17-46-40(60)62-5)38(58)56-18-26(52-54-44)15-29(56)36-47-32(34(42)50-36)24-11-7-22(8-12-24)23-9-13-25(14-10-23)33-35(43)51-37(48-33)30-16-27(53-55-45)19-57(30)39(59)31(21(3)4)49-41(61)63-6/h7-14,20-21,26-31H,15-19H2,1-6H3,(H,46,60)(H,47,50)(H,48,51)(H,49,61)/t26-,27-,28-,29?,30?,31-/m0/s1. The molecule has 6 atom stereocenters. The van der Waals surface area contributed by atoms with Crippen molar-refractivity contribution >= 4 is 47.2 Å². The van der Waals surface area contributed by atoms with Crippen LogP contribution in [-0.4, -0.2) is 106 Å². The smallest absolute Gasteiger partial charge is 0.407 e. The van der Waals surface area contributed by atoms with Crippen LogP contribution < -0.4 is 10.6 Å². The van der Waals surface area contributed by atoms with Gasteiger partial charge in [0, 0.05) is 40.6 Å². The van der Waals surface area contributed by atoms with E-state index in [4.69, 9.17) is 48.2 Å². The number of H-pyrrole nitrogens is 2. The number of alkyl carbamates (subject to hydrolysis) is 2. The van der Waals surface area contributed by atoms with Gasteiger partial charge in [-0.1, -0.05) is 110 Å². The number of aromatic amines is 2. The normalized spacial score (nSPS) is 19.3. The number of amides is 4. The molecule has 2 aliphatic rings. The summed E-state index contributed by atoms with van der Waals surface area (Å²) >= 11 is 13.5. The van der Waals surface area contributed by atoms with Crippen molar-refractivity contribution in [1.82, 2.24) is 40.4 Å². The van der Waals surface area contributed by atoms with E-state index in [1.807, 2.05) is 62.4 Å². The minimum absolute atomic E-state index is 0.0681. The van der Waals surface area contributed by atoms with Gasteiger partial charge in [-0.05, 0) is 46.9 Å². The predicted octanol–water partition coefficient (Wildman–Crippen LogP) is 8.35. The molecule has 4 amide bonds. The lowest BCUT2D eigenvalue weighted by atomic mass is 9.94. The van der Waals surface area contributed by atoms with Gasteiger partial charge in [-0.25, -0.2) is 19.6 Å². The van der Waals surface area contributed by atoms with Crippen molar-refractivity contribution in [3.8, 4) is 33.6 Å². The Bertz CT molecular complexity index is 2410. The number of carbonyl (C=O) groups is 4. The van der Waals surface area contributed by atoms with E-state index < -0.39 is 48.3 Å². The lowest BCUT2D eigenvalue weighted by molar-refractivity contribution is -0.138. The maximum Gasteiger partial charge on any atom is 0.407 e. The molecular formula is C41H48Cl2N14O6. The molecular weight excluding hydrogens is 855 g/mol. The van der Waals surface area contributed by atoms with Gasteiger partial charge < -0.3 is 39.9 Å². The number of rotatable bonds is 14. The van der Waals surface area contributed by atoms with Gasteiger partial charge in [-0.15, -0.1) is 0 Å². The van der Waals surface area contributed by atoms with Crippen LogP contribution in [0.1, 0.15) is 64.3 Å². The molecule has 2 aromatic carbocycles. The Balaban J connectivity index is 1.19. The molecule has 4 N–H and O–H groups in total. The van der Waals surface area contributed by atoms with E-state index in [0.717, 1.165) is 22.3 Å². The van der Waals surface area contributed by atoms with Crippen LogP contribution in [0.5, 0.6) is 0 Å². The summed E-state index contributed by atoms with van der Waals surface area (Å²) in [5.74, 6) is -0.691. The van der Waals surface area contributed by atoms with Crippen LogP contribution >= 0.6 is 23.2 Å². The molecule has 332 valence electrons. The number of nitrogens with one attached hydrogen (secondary N) is 4. The van der Waals surface area contributed by atoms with Crippen molar-refractivity contribution in [3.05, 3.63) is 91.4 Å². The molecule has 0 spiro atoms. The molecule has 20 nitrogen and oxygen atoms in total. The van der Waals surface area contributed by atoms with Gasteiger partial charge in [-0.3, -0.25) is 9.59 Å². The summed E-state index contributed by atoms with van der Waals surface area (Å²) in [4.78, 5) is 76.7. The zero-order chi connectivity index (χ0) is 45.5. The molecule has 2 saturated heterocycles. The first-order valence-corrected chi connectivity index (χ1v) is 21.0. The predicted molar refractivity (Wildman–Crippen MR) is 234 cm³/mol. The lowest BCUT2D eigenvalue weighted by Crippen LogP contribution is -2.51. The molecule has 2 aromatic heterocycles. The van der Waals surface area contributed by atoms with Gasteiger partial charge in [0.15, 0.2) is 0 Å². The van der Waals surface area contributed by atoms with Gasteiger partial charge in [0.25, 0.3) is 0 Å². The number of hydrogen-bond acceptors (Lipinski definition) is 10. The first-order valence-electron chi connectivity index (χ1n) is 20.2. The van der Waals surface area contributed by atoms with Crippen molar-refractivity contribution < 1.29 is 28.7 Å². The number of benzene rings is 2. The maximum atomic E-state index is 13.9. The van der Waals surface area contributed by atoms with Crippen LogP contribution in [0.3, 0.4) is 0 Å². The molecule has 6 rings (SSSR count). The van der Waals surface area contributed by atoms with Crippen LogP contribution in [0.4, 0.5) is 9.59 Å². The largest absolute Gasteiger partial charge is 0.453 e. The second kappa shape index (κ2) is 20.2. The molecule has 0 saturated carbocycles. The highest BCUT2D eigenvalue weighted by atomic mass is 35.5. The summed E-state index contributed by atoms with van der Waals surface area (Å²) in [5.41, 5.74) is 22.6. The zero-order valence-corrected chi connectivity index (χ0v) is 37.0. The quantitative estimate of drug-likeness (QED) is 0.0541. The number of methoxy groups -OCH3 is 2. The minimum atomic E-state index is -0.891. The van der Waals surface area contributed by atoms with Crippen LogP contribution in [0.25, 0.3) is 54.5 Å². The minimum Gasteiger partial charge on any atom is -0.453 e. The van der Waals surface area contributed by atoms with Gasteiger partial charge in [-0.2, -0.15) is 0 Å². The fourth-order valence-electron chi connectivity index (χ4n) is 7.99. The number of aromatic nitrogens is 4. The number of imidazole rings is 2. The van der Waals surface area contributed by atoms with Gasteiger partial charge >= 0.3 is 12.2 Å². The van der Waals surface area contributed by atoms with Crippen LogP contribution in [0.2, 0.25) is 10.3 Å². The Hall–Kier alpha value is -6.46. The molecule has 0 bridgehead atoms. The highest BCUT2D eigenvalue weighted by molar-refractivity contribution is 6.32. The Labute approximate surface area is 372 Å². The maximum absolute atomic E-state index is 13.9. The van der Waals surface area contributed by atoms with Crippen LogP contribution in [-0.2, 0) is 19.1 Å². The topological polar surface area (TPSA) is 272 Å². The Kier molecular flexibility index (Phi) is 14.7. The number of nitrogens with zero attached hydrogens (tertiary/aromatic N) is 10. The fraction of sp³-hybridized carbons (Fsp3) is 0.463. The first-order chi connectivity index (χ1) is 30.2. The highest BCUT2D eigenvalue weighted by Crippen LogP contribution is 2.39. The van der Waals surface area contributed by atoms with Crippen molar-refractivity contribution in [2.24, 2.45) is 28.0 Å². The average Bonchev–Trinajstić information content (AvgIpc) is 4.07. The van der Waals surface area contributed by atoms with E-state index in [-0.39, 0.29) is 53.6 Å². The van der Waals surface area contributed by atoms with E-state index in [1.165, 1.54) is 14.2 Å². The van der Waals surface area contributed by atoms with Crippen molar-refractivity contribution in [3.63, 3.8) is 0 Å². The van der Waals surface area contributed by atoms with Crippen LogP contribution in [0, 0.1) is 17.8 Å². The SMILES string of the molecule is COC(=O)NC[C@H](C(=O)N1C[C@@H](N=[N+]=[N-])CC1c1nc(-c2ccc(-c3ccc(-c4nc(C5C[C@H](N=[N+]=[N-])CN5C(=O)[C@@H](NC(=O)OC)C(C)C)[nH]c4Cl)cc3)cc2)c(Cl)[nH]1)C(C)C. The summed E-state index contributed by atoms with van der Waals surface area (Å²) in [5, 5.41) is 13.5. The number of azide groups is 2. The van der Waals surface area contributed by atoms with E-state index in [0.29, 0.717) is 35.9 Å². The molecule has 4 aromatic rings. The molecule has 22 heteroatoms. The summed E-state index contributed by atoms with van der Waals surface area (Å²) in [6.45, 7) is 7.77. The lowest BCUT2D eigenvalue weighted by Gasteiger charge is -2.30. The number of ether oxygens (including phenoxy) is 2. The Morgan fingerprint density at radius 3 is 1.56 bits per heavy atom. The van der Waals surface area contributed by atoms with E-state index in [1.54, 1.807) is 23.6 Å². The number of halogens is 2. The fourth-order valence-corrected chi connectivity index (χ4v) is 8.49. The second-order valence-corrected chi connectivity index (χ2v) is 16.8. The molecule has 2 fully saturated rings. The summed E-state index contributed by atoms with van der Waals surface area (Å²) in [6.07, 6.45) is -0.744. The van der Waals surface area contributed by atoms with Gasteiger partial charge in [0.2, 0.25) is 11.8 Å².